The number of hydrogen-bond acceptors (Lipinski definition) is 4. The second kappa shape index (κ2) is 5.59. The lowest BCUT2D eigenvalue weighted by Crippen LogP contribution is -2.18. The summed E-state index contributed by atoms with van der Waals surface area (Å²) in [5.41, 5.74) is 0. The van der Waals surface area contributed by atoms with Crippen LogP contribution in [0.4, 0.5) is 0 Å². The van der Waals surface area contributed by atoms with Crippen molar-refractivity contribution in [3.05, 3.63) is 57.0 Å². The summed E-state index contributed by atoms with van der Waals surface area (Å²) in [7, 11) is 0. The van der Waals surface area contributed by atoms with E-state index >= 15 is 0 Å². The fraction of sp³-hybridized carbons (Fsp3) is 0.250. The summed E-state index contributed by atoms with van der Waals surface area (Å²) in [5.74, 6) is -0.477. The summed E-state index contributed by atoms with van der Waals surface area (Å²) >= 11 is 1.45. The van der Waals surface area contributed by atoms with Crippen molar-refractivity contribution in [1.29, 1.82) is 0 Å². The molecule has 0 N–H and O–H groups in total. The highest BCUT2D eigenvalue weighted by Gasteiger charge is 2.22. The summed E-state index contributed by atoms with van der Waals surface area (Å²) in [5, 5.41) is 12.5. The predicted molar refractivity (Wildman–Crippen MR) is 68.6 cm³/mol. The molecular weight excluding hydrogens is 252 g/mol. The number of carbonyl (C=O) groups excluding carboxylic acids is 1. The van der Waals surface area contributed by atoms with Gasteiger partial charge in [0.05, 0.1) is 5.92 Å². The Hall–Kier alpha value is -1.95. The van der Waals surface area contributed by atoms with Crippen LogP contribution in [0.25, 0.3) is 0 Å². The molecule has 0 aliphatic heterocycles. The molecule has 1 atom stereocenters. The summed E-state index contributed by atoms with van der Waals surface area (Å²) in [6.07, 6.45) is 3.45. The van der Waals surface area contributed by atoms with Crippen molar-refractivity contribution in [1.82, 2.24) is 4.57 Å². The van der Waals surface area contributed by atoms with Gasteiger partial charge in [0.15, 0.2) is 0 Å². The Morgan fingerprint density at radius 3 is 2.67 bits per heavy atom. The van der Waals surface area contributed by atoms with Crippen molar-refractivity contribution < 1.29 is 9.72 Å². The second-order valence-electron chi connectivity index (χ2n) is 3.92. The predicted octanol–water partition coefficient (Wildman–Crippen LogP) is 2.64. The van der Waals surface area contributed by atoms with Crippen LogP contribution in [0.1, 0.15) is 22.0 Å². The van der Waals surface area contributed by atoms with Crippen LogP contribution < -0.4 is 0 Å². The Bertz CT molecular complexity index is 520. The molecule has 0 amide bonds. The van der Waals surface area contributed by atoms with Crippen molar-refractivity contribution in [2.45, 2.75) is 12.3 Å². The van der Waals surface area contributed by atoms with Gasteiger partial charge < -0.3 is 0 Å². The van der Waals surface area contributed by atoms with E-state index < -0.39 is 0 Å². The average Bonchev–Trinajstić information content (AvgIpc) is 3.01. The van der Waals surface area contributed by atoms with Crippen LogP contribution in [0, 0.1) is 10.1 Å². The molecule has 0 spiro atoms. The van der Waals surface area contributed by atoms with Crippen molar-refractivity contribution in [3.63, 3.8) is 0 Å². The molecule has 0 saturated heterocycles. The van der Waals surface area contributed by atoms with Gasteiger partial charge in [-0.15, -0.1) is 11.3 Å². The van der Waals surface area contributed by atoms with Crippen molar-refractivity contribution in [3.8, 4) is 0 Å². The van der Waals surface area contributed by atoms with Crippen LogP contribution >= 0.6 is 11.3 Å². The molecule has 1 unspecified atom stereocenters. The molecule has 0 aliphatic carbocycles. The number of hydrogen-bond donors (Lipinski definition) is 0. The zero-order valence-electron chi connectivity index (χ0n) is 9.56. The van der Waals surface area contributed by atoms with E-state index in [1.165, 1.54) is 15.9 Å². The molecule has 0 saturated carbocycles. The summed E-state index contributed by atoms with van der Waals surface area (Å²) in [4.78, 5) is 23.1. The van der Waals surface area contributed by atoms with Gasteiger partial charge >= 0.3 is 0 Å². The van der Waals surface area contributed by atoms with Gasteiger partial charge in [0, 0.05) is 28.6 Å². The third-order valence-electron chi connectivity index (χ3n) is 2.63. The Morgan fingerprint density at radius 1 is 1.39 bits per heavy atom. The molecule has 5 nitrogen and oxygen atoms in total. The smallest absolute Gasteiger partial charge is 0.231 e. The van der Waals surface area contributed by atoms with Gasteiger partial charge in [-0.1, -0.05) is 6.07 Å². The summed E-state index contributed by atoms with van der Waals surface area (Å²) in [6, 6.07) is 7.19. The normalized spacial score (nSPS) is 12.2. The van der Waals surface area contributed by atoms with E-state index in [1.54, 1.807) is 24.5 Å². The number of nitrogens with zero attached hydrogens (tertiary/aromatic N) is 2. The molecule has 94 valence electrons. The second-order valence-corrected chi connectivity index (χ2v) is 4.90. The molecular formula is C12H12N2O3S. The van der Waals surface area contributed by atoms with E-state index in [1.807, 2.05) is 17.5 Å². The molecule has 6 heteroatoms. The molecule has 0 aromatic carbocycles. The van der Waals surface area contributed by atoms with Gasteiger partial charge in [0.25, 0.3) is 0 Å². The zero-order chi connectivity index (χ0) is 13.0. The van der Waals surface area contributed by atoms with E-state index in [9.17, 15) is 14.9 Å². The molecule has 2 aromatic heterocycles. The maximum atomic E-state index is 11.9. The molecule has 18 heavy (non-hydrogen) atoms. The Balaban J connectivity index is 2.11. The molecule has 2 heterocycles. The van der Waals surface area contributed by atoms with Crippen LogP contribution in [-0.2, 0) is 0 Å². The Labute approximate surface area is 108 Å². The first-order chi connectivity index (χ1) is 8.66. The number of nitro groups is 1. The van der Waals surface area contributed by atoms with Gasteiger partial charge in [-0.2, -0.15) is 0 Å². The van der Waals surface area contributed by atoms with E-state index in [4.69, 9.17) is 0 Å². The highest BCUT2D eigenvalue weighted by molar-refractivity contribution is 7.10. The summed E-state index contributed by atoms with van der Waals surface area (Å²) < 4.78 is 1.46. The topological polar surface area (TPSA) is 65.1 Å². The van der Waals surface area contributed by atoms with Gasteiger partial charge in [-0.3, -0.25) is 19.5 Å². The van der Waals surface area contributed by atoms with E-state index in [2.05, 4.69) is 0 Å². The van der Waals surface area contributed by atoms with E-state index in [0.29, 0.717) is 0 Å². The minimum absolute atomic E-state index is 0.125. The van der Waals surface area contributed by atoms with Gasteiger partial charge in [-0.05, 0) is 23.6 Å². The van der Waals surface area contributed by atoms with Crippen LogP contribution in [0.15, 0.2) is 42.0 Å². The number of rotatable bonds is 5. The maximum Gasteiger partial charge on any atom is 0.231 e. The van der Waals surface area contributed by atoms with Crippen LogP contribution in [-0.4, -0.2) is 21.9 Å². The van der Waals surface area contributed by atoms with Crippen molar-refractivity contribution in [2.24, 2.45) is 0 Å². The molecule has 0 aliphatic rings. The fourth-order valence-electron chi connectivity index (χ4n) is 1.78. The average molecular weight is 264 g/mol. The zero-order valence-corrected chi connectivity index (χ0v) is 10.4. The summed E-state index contributed by atoms with van der Waals surface area (Å²) in [6.45, 7) is -0.215. The van der Waals surface area contributed by atoms with Gasteiger partial charge in [0.2, 0.25) is 12.5 Å². The quantitative estimate of drug-likeness (QED) is 0.616. The number of aromatic nitrogens is 1. The third kappa shape index (κ3) is 3.04. The lowest BCUT2D eigenvalue weighted by molar-refractivity contribution is -0.483. The molecule has 2 aromatic rings. The largest absolute Gasteiger partial charge is 0.295 e. The van der Waals surface area contributed by atoms with Crippen molar-refractivity contribution >= 4 is 17.2 Å². The monoisotopic (exact) mass is 264 g/mol. The van der Waals surface area contributed by atoms with Gasteiger partial charge in [0.1, 0.15) is 0 Å². The van der Waals surface area contributed by atoms with Gasteiger partial charge in [-0.25, -0.2) is 0 Å². The van der Waals surface area contributed by atoms with E-state index in [0.717, 1.165) is 4.88 Å². The molecule has 0 radical (unpaired) electrons. The maximum absolute atomic E-state index is 11.9. The lowest BCUT2D eigenvalue weighted by Gasteiger charge is -2.10. The van der Waals surface area contributed by atoms with E-state index in [-0.39, 0.29) is 29.7 Å². The fourth-order valence-corrected chi connectivity index (χ4v) is 2.60. The Kier molecular flexibility index (Phi) is 3.88. The molecule has 0 bridgehead atoms. The first-order valence-corrected chi connectivity index (χ1v) is 6.36. The van der Waals surface area contributed by atoms with Crippen molar-refractivity contribution in [2.75, 3.05) is 6.54 Å². The Morgan fingerprint density at radius 2 is 2.11 bits per heavy atom. The van der Waals surface area contributed by atoms with Crippen LogP contribution in [0.5, 0.6) is 0 Å². The highest BCUT2D eigenvalue weighted by Crippen LogP contribution is 2.25. The van der Waals surface area contributed by atoms with Crippen LogP contribution in [0.3, 0.4) is 0 Å². The molecule has 2 rings (SSSR count). The SMILES string of the molecule is O=C(CC(C[N+](=O)[O-])c1cccs1)n1cccc1. The highest BCUT2D eigenvalue weighted by atomic mass is 32.1. The number of thiophene rings is 1. The minimum Gasteiger partial charge on any atom is -0.295 e. The first-order valence-electron chi connectivity index (χ1n) is 5.48. The van der Waals surface area contributed by atoms with Crippen LogP contribution in [0.2, 0.25) is 0 Å². The first kappa shape index (κ1) is 12.5. The third-order valence-corrected chi connectivity index (χ3v) is 3.66. The minimum atomic E-state index is -0.368. The lowest BCUT2D eigenvalue weighted by atomic mass is 10.0. The molecule has 0 fully saturated rings. The standard InChI is InChI=1S/C12H12N2O3S/c15-12(13-5-1-2-6-13)8-10(9-14(16)17)11-4-3-7-18-11/h1-7,10H,8-9H2. The number of carbonyl (C=O) groups is 1.